The number of H-pyrrole nitrogens is 1. The zero-order valence-electron chi connectivity index (χ0n) is 10.7. The van der Waals surface area contributed by atoms with Crippen molar-refractivity contribution >= 4 is 12.2 Å². The molecule has 1 aliphatic carbocycles. The molecule has 0 spiro atoms. The number of nitrogens with one attached hydrogen (secondary N) is 1. The summed E-state index contributed by atoms with van der Waals surface area (Å²) < 4.78 is 13.0. The summed E-state index contributed by atoms with van der Waals surface area (Å²) in [6.07, 6.45) is 6.05. The van der Waals surface area contributed by atoms with Gasteiger partial charge in [-0.2, -0.15) is 5.10 Å². The van der Waals surface area contributed by atoms with E-state index >= 15 is 0 Å². The lowest BCUT2D eigenvalue weighted by Crippen LogP contribution is -2.45. The zero-order chi connectivity index (χ0) is 14.1. The third-order valence-corrected chi connectivity index (χ3v) is 3.38. The first-order chi connectivity index (χ1) is 9.65. The van der Waals surface area contributed by atoms with Gasteiger partial charge in [0.15, 0.2) is 11.6 Å². The number of nitrogens with zero attached hydrogens (tertiary/aromatic N) is 1. The average Bonchev–Trinajstić information content (AvgIpc) is 2.46. The molecule has 1 aliphatic rings. The van der Waals surface area contributed by atoms with Crippen molar-refractivity contribution in [2.45, 2.75) is 19.3 Å². The summed E-state index contributed by atoms with van der Waals surface area (Å²) in [5.74, 6) is -1.03. The van der Waals surface area contributed by atoms with Gasteiger partial charge in [0.2, 0.25) is 0 Å². The van der Waals surface area contributed by atoms with Crippen molar-refractivity contribution in [1.82, 2.24) is 10.2 Å². The van der Waals surface area contributed by atoms with Crippen LogP contribution >= 0.6 is 0 Å². The molecule has 0 bridgehead atoms. The van der Waals surface area contributed by atoms with E-state index in [1.807, 2.05) is 12.2 Å². The molecule has 4 nitrogen and oxygen atoms in total. The van der Waals surface area contributed by atoms with Crippen molar-refractivity contribution < 1.29 is 9.50 Å². The molecule has 102 valence electrons. The third kappa shape index (κ3) is 2.22. The van der Waals surface area contributed by atoms with Crippen LogP contribution in [-0.2, 0) is 6.42 Å². The summed E-state index contributed by atoms with van der Waals surface area (Å²) in [5, 5.41) is 17.4. The second kappa shape index (κ2) is 4.92. The number of aromatic amines is 1. The van der Waals surface area contributed by atoms with Crippen molar-refractivity contribution in [3.63, 3.8) is 0 Å². The van der Waals surface area contributed by atoms with E-state index in [0.29, 0.717) is 11.6 Å². The molecule has 1 heterocycles. The number of aromatic nitrogens is 2. The fourth-order valence-corrected chi connectivity index (χ4v) is 2.40. The summed E-state index contributed by atoms with van der Waals surface area (Å²) >= 11 is 0. The standard InChI is InChI=1S/C15H13FN2O2/c16-12-6-5-9(8-14(12)19)7-13-10-3-1-2-4-11(10)15(20)18-17-13/h3-6,8,19H,1-2,7H2,(H,18,20). The van der Waals surface area contributed by atoms with Gasteiger partial charge in [0.25, 0.3) is 5.56 Å². The van der Waals surface area contributed by atoms with Gasteiger partial charge in [-0.3, -0.25) is 4.79 Å². The Bertz CT molecular complexity index is 840. The van der Waals surface area contributed by atoms with E-state index in [2.05, 4.69) is 10.2 Å². The topological polar surface area (TPSA) is 66.0 Å². The van der Waals surface area contributed by atoms with Crippen molar-refractivity contribution in [3.05, 3.63) is 56.1 Å². The van der Waals surface area contributed by atoms with Gasteiger partial charge >= 0.3 is 0 Å². The normalized spacial score (nSPS) is 13.2. The molecular formula is C15H13FN2O2. The molecule has 0 aliphatic heterocycles. The monoisotopic (exact) mass is 272 g/mol. The number of halogens is 1. The van der Waals surface area contributed by atoms with E-state index in [0.717, 1.165) is 29.3 Å². The van der Waals surface area contributed by atoms with Gasteiger partial charge in [0, 0.05) is 16.9 Å². The lowest BCUT2D eigenvalue weighted by molar-refractivity contribution is 0.431. The Morgan fingerprint density at radius 3 is 2.75 bits per heavy atom. The second-order valence-electron chi connectivity index (χ2n) is 4.77. The summed E-state index contributed by atoms with van der Waals surface area (Å²) in [7, 11) is 0. The molecular weight excluding hydrogens is 259 g/mol. The molecule has 1 aromatic carbocycles. The van der Waals surface area contributed by atoms with Gasteiger partial charge in [-0.05, 0) is 30.5 Å². The lowest BCUT2D eigenvalue weighted by atomic mass is 10.0. The van der Waals surface area contributed by atoms with Crippen LogP contribution in [0.5, 0.6) is 5.75 Å². The predicted molar refractivity (Wildman–Crippen MR) is 73.1 cm³/mol. The number of phenols is 1. The van der Waals surface area contributed by atoms with Gasteiger partial charge in [-0.25, -0.2) is 9.49 Å². The number of aromatic hydroxyl groups is 1. The van der Waals surface area contributed by atoms with Crippen LogP contribution in [0.3, 0.4) is 0 Å². The highest BCUT2D eigenvalue weighted by Gasteiger charge is 2.08. The molecule has 0 radical (unpaired) electrons. The highest BCUT2D eigenvalue weighted by Crippen LogP contribution is 2.17. The van der Waals surface area contributed by atoms with Crippen LogP contribution in [-0.4, -0.2) is 15.3 Å². The minimum atomic E-state index is -0.648. The molecule has 0 unspecified atom stereocenters. The molecule has 3 rings (SSSR count). The van der Waals surface area contributed by atoms with E-state index in [-0.39, 0.29) is 11.3 Å². The van der Waals surface area contributed by atoms with E-state index in [9.17, 15) is 14.3 Å². The molecule has 1 aromatic heterocycles. The summed E-state index contributed by atoms with van der Waals surface area (Å²) in [6, 6.07) is 4.19. The fraction of sp³-hybridized carbons (Fsp3) is 0.200. The molecule has 0 atom stereocenters. The number of hydrogen-bond acceptors (Lipinski definition) is 3. The Morgan fingerprint density at radius 2 is 2.00 bits per heavy atom. The minimum Gasteiger partial charge on any atom is -0.505 e. The quantitative estimate of drug-likeness (QED) is 0.839. The Labute approximate surface area is 113 Å². The Balaban J connectivity index is 2.09. The van der Waals surface area contributed by atoms with Crippen molar-refractivity contribution in [2.24, 2.45) is 0 Å². The first-order valence-electron chi connectivity index (χ1n) is 6.40. The summed E-state index contributed by atoms with van der Waals surface area (Å²) in [5.41, 5.74) is 1.27. The molecule has 2 aromatic rings. The van der Waals surface area contributed by atoms with Crippen LogP contribution in [0.1, 0.15) is 24.1 Å². The maximum absolute atomic E-state index is 13.0. The van der Waals surface area contributed by atoms with Crippen LogP contribution in [0.2, 0.25) is 0 Å². The summed E-state index contributed by atoms with van der Waals surface area (Å²) in [4.78, 5) is 11.7. The third-order valence-electron chi connectivity index (χ3n) is 3.38. The smallest absolute Gasteiger partial charge is 0.271 e. The van der Waals surface area contributed by atoms with E-state index in [4.69, 9.17) is 0 Å². The van der Waals surface area contributed by atoms with E-state index < -0.39 is 5.82 Å². The molecule has 0 saturated carbocycles. The maximum atomic E-state index is 13.0. The van der Waals surface area contributed by atoms with Gasteiger partial charge < -0.3 is 5.11 Å². The van der Waals surface area contributed by atoms with Crippen molar-refractivity contribution in [3.8, 4) is 5.75 Å². The largest absolute Gasteiger partial charge is 0.505 e. The highest BCUT2D eigenvalue weighted by atomic mass is 19.1. The van der Waals surface area contributed by atoms with Crippen molar-refractivity contribution in [1.29, 1.82) is 0 Å². The number of hydrogen-bond donors (Lipinski definition) is 2. The molecule has 0 fully saturated rings. The van der Waals surface area contributed by atoms with Crippen LogP contribution in [0.4, 0.5) is 4.39 Å². The summed E-state index contributed by atoms with van der Waals surface area (Å²) in [6.45, 7) is 0. The number of benzene rings is 1. The molecule has 20 heavy (non-hydrogen) atoms. The number of phenolic OH excluding ortho intramolecular Hbond substituents is 1. The van der Waals surface area contributed by atoms with Crippen molar-refractivity contribution in [2.75, 3.05) is 0 Å². The van der Waals surface area contributed by atoms with Crippen LogP contribution in [0, 0.1) is 5.82 Å². The number of fused-ring (bicyclic) bond motifs is 1. The Hall–Kier alpha value is -2.43. The van der Waals surface area contributed by atoms with Gasteiger partial charge in [0.1, 0.15) is 0 Å². The molecule has 0 saturated heterocycles. The minimum absolute atomic E-state index is 0.193. The van der Waals surface area contributed by atoms with Gasteiger partial charge in [-0.15, -0.1) is 0 Å². The van der Waals surface area contributed by atoms with Crippen LogP contribution in [0.25, 0.3) is 12.2 Å². The van der Waals surface area contributed by atoms with E-state index in [1.54, 1.807) is 6.07 Å². The Morgan fingerprint density at radius 1 is 1.25 bits per heavy atom. The van der Waals surface area contributed by atoms with Gasteiger partial charge in [-0.1, -0.05) is 18.2 Å². The van der Waals surface area contributed by atoms with E-state index in [1.165, 1.54) is 12.1 Å². The molecule has 5 heteroatoms. The average molecular weight is 272 g/mol. The molecule has 0 amide bonds. The predicted octanol–water partition coefficient (Wildman–Crippen LogP) is 0.560. The molecule has 2 N–H and O–H groups in total. The maximum Gasteiger partial charge on any atom is 0.271 e. The van der Waals surface area contributed by atoms with Crippen LogP contribution in [0.15, 0.2) is 23.0 Å². The first-order valence-corrected chi connectivity index (χ1v) is 6.40. The highest BCUT2D eigenvalue weighted by molar-refractivity contribution is 5.40. The second-order valence-corrected chi connectivity index (χ2v) is 4.77. The SMILES string of the molecule is O=c1[nH]nc(Cc2ccc(F)c(O)c2)c2c1=CCCC=2. The first kappa shape index (κ1) is 12.6. The van der Waals surface area contributed by atoms with Gasteiger partial charge in [0.05, 0.1) is 5.69 Å². The van der Waals surface area contributed by atoms with Crippen LogP contribution < -0.4 is 16.0 Å². The number of rotatable bonds is 2. The fourth-order valence-electron chi connectivity index (χ4n) is 2.40. The zero-order valence-corrected chi connectivity index (χ0v) is 10.7. The Kier molecular flexibility index (Phi) is 3.10. The lowest BCUT2D eigenvalue weighted by Gasteiger charge is -2.06.